The number of anilines is 1. The van der Waals surface area contributed by atoms with Crippen molar-refractivity contribution in [3.05, 3.63) is 77.6 Å². The molecule has 1 fully saturated rings. The van der Waals surface area contributed by atoms with Gasteiger partial charge in [0.15, 0.2) is 0 Å². The second kappa shape index (κ2) is 10.2. The molecule has 2 aliphatic heterocycles. The monoisotopic (exact) mass is 490 g/mol. The van der Waals surface area contributed by atoms with Gasteiger partial charge in [0.2, 0.25) is 15.9 Å². The van der Waals surface area contributed by atoms with E-state index < -0.39 is 10.0 Å². The van der Waals surface area contributed by atoms with Gasteiger partial charge in [0.1, 0.15) is 5.82 Å². The molecule has 35 heavy (non-hydrogen) atoms. The van der Waals surface area contributed by atoms with E-state index in [1.54, 1.807) is 6.08 Å². The van der Waals surface area contributed by atoms with Crippen molar-refractivity contribution in [3.8, 4) is 11.3 Å². The average molecular weight is 491 g/mol. The SMILES string of the molecule is O=C(Nc1ccc(-c2cn3c(n2)CCCC3)cc1)C1CCN(S(=O)(=O)/C=C/c2ccccc2)CC1. The first-order valence-electron chi connectivity index (χ1n) is 12.2. The Morgan fingerprint density at radius 2 is 1.71 bits per heavy atom. The fraction of sp³-hybridized carbons (Fsp3) is 0.333. The molecular weight excluding hydrogens is 460 g/mol. The number of fused-ring (bicyclic) bond motifs is 1. The highest BCUT2D eigenvalue weighted by Crippen LogP contribution is 2.26. The van der Waals surface area contributed by atoms with Crippen LogP contribution in [0.4, 0.5) is 5.69 Å². The molecule has 1 aromatic heterocycles. The lowest BCUT2D eigenvalue weighted by molar-refractivity contribution is -0.120. The lowest BCUT2D eigenvalue weighted by Crippen LogP contribution is -2.40. The van der Waals surface area contributed by atoms with Crippen molar-refractivity contribution < 1.29 is 13.2 Å². The zero-order valence-electron chi connectivity index (χ0n) is 19.6. The van der Waals surface area contributed by atoms with Crippen LogP contribution in [0.25, 0.3) is 17.3 Å². The number of aromatic nitrogens is 2. The van der Waals surface area contributed by atoms with Crippen LogP contribution < -0.4 is 5.32 Å². The Hall–Kier alpha value is -3.23. The van der Waals surface area contributed by atoms with E-state index >= 15 is 0 Å². The zero-order chi connectivity index (χ0) is 24.3. The molecule has 1 saturated heterocycles. The van der Waals surface area contributed by atoms with Gasteiger partial charge in [-0.1, -0.05) is 42.5 Å². The molecule has 1 N–H and O–H groups in total. The number of carbonyl (C=O) groups is 1. The maximum absolute atomic E-state index is 12.8. The summed E-state index contributed by atoms with van der Waals surface area (Å²) >= 11 is 0. The lowest BCUT2D eigenvalue weighted by Gasteiger charge is -2.29. The minimum absolute atomic E-state index is 0.0629. The Labute approximate surface area is 206 Å². The molecule has 2 aliphatic rings. The molecule has 0 spiro atoms. The molecule has 0 bridgehead atoms. The number of benzene rings is 2. The summed E-state index contributed by atoms with van der Waals surface area (Å²) < 4.78 is 29.0. The van der Waals surface area contributed by atoms with Gasteiger partial charge >= 0.3 is 0 Å². The normalized spacial score (nSPS) is 17.4. The van der Waals surface area contributed by atoms with Crippen molar-refractivity contribution in [3.63, 3.8) is 0 Å². The highest BCUT2D eigenvalue weighted by Gasteiger charge is 2.30. The Balaban J connectivity index is 1.15. The molecule has 3 heterocycles. The lowest BCUT2D eigenvalue weighted by atomic mass is 9.97. The molecule has 3 aromatic rings. The van der Waals surface area contributed by atoms with Gasteiger partial charge in [-0.15, -0.1) is 0 Å². The number of carbonyl (C=O) groups excluding carboxylic acids is 1. The second-order valence-corrected chi connectivity index (χ2v) is 11.0. The van der Waals surface area contributed by atoms with Gasteiger partial charge in [0.05, 0.1) is 5.69 Å². The molecule has 0 saturated carbocycles. The summed E-state index contributed by atoms with van der Waals surface area (Å²) in [6, 6.07) is 17.1. The van der Waals surface area contributed by atoms with Gasteiger partial charge in [-0.25, -0.2) is 13.4 Å². The molecule has 5 rings (SSSR count). The van der Waals surface area contributed by atoms with Crippen molar-refractivity contribution >= 4 is 27.7 Å². The van der Waals surface area contributed by atoms with Crippen LogP contribution in [-0.4, -0.2) is 41.3 Å². The molecule has 1 amide bonds. The van der Waals surface area contributed by atoms with Crippen LogP contribution in [0.2, 0.25) is 0 Å². The van der Waals surface area contributed by atoms with Crippen molar-refractivity contribution in [2.75, 3.05) is 18.4 Å². The molecule has 0 aliphatic carbocycles. The minimum Gasteiger partial charge on any atom is -0.334 e. The minimum atomic E-state index is -3.51. The summed E-state index contributed by atoms with van der Waals surface area (Å²) in [6.07, 6.45) is 8.14. The summed E-state index contributed by atoms with van der Waals surface area (Å²) in [6.45, 7) is 1.70. The predicted molar refractivity (Wildman–Crippen MR) is 138 cm³/mol. The molecule has 7 nitrogen and oxygen atoms in total. The number of amides is 1. The molecule has 0 atom stereocenters. The van der Waals surface area contributed by atoms with Gasteiger partial charge in [-0.05, 0) is 49.5 Å². The van der Waals surface area contributed by atoms with Crippen molar-refractivity contribution in [1.29, 1.82) is 0 Å². The molecule has 182 valence electrons. The van der Waals surface area contributed by atoms with E-state index in [1.165, 1.54) is 22.6 Å². The van der Waals surface area contributed by atoms with E-state index in [1.807, 2.05) is 54.6 Å². The van der Waals surface area contributed by atoms with Crippen LogP contribution in [0.1, 0.15) is 37.1 Å². The third-order valence-electron chi connectivity index (χ3n) is 6.77. The predicted octanol–water partition coefficient (Wildman–Crippen LogP) is 4.54. The fourth-order valence-corrected chi connectivity index (χ4v) is 5.93. The third kappa shape index (κ3) is 5.55. The summed E-state index contributed by atoms with van der Waals surface area (Å²) in [5, 5.41) is 4.24. The van der Waals surface area contributed by atoms with Gasteiger partial charge in [0.25, 0.3) is 0 Å². The van der Waals surface area contributed by atoms with Crippen molar-refractivity contribution in [1.82, 2.24) is 13.9 Å². The number of nitrogens with zero attached hydrogens (tertiary/aromatic N) is 3. The van der Waals surface area contributed by atoms with Gasteiger partial charge < -0.3 is 9.88 Å². The van der Waals surface area contributed by atoms with Crippen molar-refractivity contribution in [2.24, 2.45) is 5.92 Å². The van der Waals surface area contributed by atoms with Crippen molar-refractivity contribution in [2.45, 2.75) is 38.6 Å². The Bertz CT molecular complexity index is 1280. The van der Waals surface area contributed by atoms with Crippen LogP contribution >= 0.6 is 0 Å². The maximum Gasteiger partial charge on any atom is 0.236 e. The van der Waals surface area contributed by atoms with Crippen LogP contribution in [0.5, 0.6) is 0 Å². The quantitative estimate of drug-likeness (QED) is 0.550. The molecule has 0 unspecified atom stereocenters. The maximum atomic E-state index is 12.8. The van der Waals surface area contributed by atoms with E-state index in [0.717, 1.165) is 41.3 Å². The Morgan fingerprint density at radius 1 is 0.971 bits per heavy atom. The highest BCUT2D eigenvalue weighted by molar-refractivity contribution is 7.92. The first kappa shape index (κ1) is 23.5. The van der Waals surface area contributed by atoms with E-state index in [0.29, 0.717) is 25.9 Å². The number of piperidine rings is 1. The summed E-state index contributed by atoms with van der Waals surface area (Å²) in [5.74, 6) is 0.874. The summed E-state index contributed by atoms with van der Waals surface area (Å²) in [4.78, 5) is 17.6. The van der Waals surface area contributed by atoms with Gasteiger partial charge in [-0.3, -0.25) is 4.79 Å². The first-order valence-corrected chi connectivity index (χ1v) is 13.7. The number of aryl methyl sites for hydroxylation is 2. The largest absolute Gasteiger partial charge is 0.334 e. The average Bonchev–Trinajstić information content (AvgIpc) is 3.33. The van der Waals surface area contributed by atoms with E-state index in [-0.39, 0.29) is 11.8 Å². The zero-order valence-corrected chi connectivity index (χ0v) is 20.5. The molecule has 8 heteroatoms. The van der Waals surface area contributed by atoms with Gasteiger partial charge in [0, 0.05) is 54.8 Å². The summed E-state index contributed by atoms with van der Waals surface area (Å²) in [5.41, 5.74) is 3.58. The number of nitrogens with one attached hydrogen (secondary N) is 1. The molecule has 2 aromatic carbocycles. The van der Waals surface area contributed by atoms with Crippen LogP contribution in [0.3, 0.4) is 0 Å². The van der Waals surface area contributed by atoms with E-state index in [2.05, 4.69) is 16.1 Å². The number of hydrogen-bond acceptors (Lipinski definition) is 4. The van der Waals surface area contributed by atoms with Gasteiger partial charge in [-0.2, -0.15) is 4.31 Å². The molecule has 0 radical (unpaired) electrons. The second-order valence-electron chi connectivity index (χ2n) is 9.19. The fourth-order valence-electron chi connectivity index (χ4n) is 4.71. The molecular formula is C27H30N4O3S. The third-order valence-corrected chi connectivity index (χ3v) is 8.34. The van der Waals surface area contributed by atoms with E-state index in [4.69, 9.17) is 4.98 Å². The summed E-state index contributed by atoms with van der Waals surface area (Å²) in [7, 11) is -3.51. The number of imidazole rings is 1. The highest BCUT2D eigenvalue weighted by atomic mass is 32.2. The first-order chi connectivity index (χ1) is 17.0. The number of sulfonamides is 1. The van der Waals surface area contributed by atoms with Crippen LogP contribution in [-0.2, 0) is 27.8 Å². The standard InChI is InChI=1S/C27H30N4O3S/c32-27(23-13-17-31(18-14-23)35(33,34)19-15-21-6-2-1-3-7-21)28-24-11-9-22(10-12-24)25-20-30-16-5-4-8-26(30)29-25/h1-3,6-7,9-12,15,19-20,23H,4-5,8,13-14,16-18H2,(H,28,32)/b19-15+. The van der Waals surface area contributed by atoms with Crippen LogP contribution in [0.15, 0.2) is 66.2 Å². The number of hydrogen-bond donors (Lipinski definition) is 1. The van der Waals surface area contributed by atoms with Crippen LogP contribution in [0, 0.1) is 5.92 Å². The Kier molecular flexibility index (Phi) is 6.83. The smallest absolute Gasteiger partial charge is 0.236 e. The topological polar surface area (TPSA) is 84.3 Å². The number of rotatable bonds is 6. The van der Waals surface area contributed by atoms with E-state index in [9.17, 15) is 13.2 Å². The Morgan fingerprint density at radius 3 is 2.43 bits per heavy atom.